The van der Waals surface area contributed by atoms with Crippen molar-refractivity contribution < 1.29 is 0 Å². The predicted octanol–water partition coefficient (Wildman–Crippen LogP) is 2.60. The Hall–Kier alpha value is -2.43. The number of benzene rings is 1. The highest BCUT2D eigenvalue weighted by atomic mass is 15.1. The van der Waals surface area contributed by atoms with Crippen LogP contribution in [0.2, 0.25) is 0 Å². The van der Waals surface area contributed by atoms with Gasteiger partial charge in [0.05, 0.1) is 22.9 Å². The summed E-state index contributed by atoms with van der Waals surface area (Å²) in [6, 6.07) is 5.66. The summed E-state index contributed by atoms with van der Waals surface area (Å²) in [5, 5.41) is 0. The van der Waals surface area contributed by atoms with E-state index < -0.39 is 0 Å². The molecule has 3 rings (SSSR count). The largest absolute Gasteiger partial charge is 0.399 e. The number of hydrogen-bond donors (Lipinski definition) is 1. The molecule has 0 aliphatic heterocycles. The quantitative estimate of drug-likeness (QED) is 0.740. The highest BCUT2D eigenvalue weighted by Crippen LogP contribution is 2.19. The number of nitrogens with zero attached hydrogens (tertiary/aromatic N) is 4. The van der Waals surface area contributed by atoms with Crippen molar-refractivity contribution in [3.63, 3.8) is 0 Å². The average molecular weight is 267 g/mol. The summed E-state index contributed by atoms with van der Waals surface area (Å²) in [5.74, 6) is 1.32. The van der Waals surface area contributed by atoms with Crippen LogP contribution >= 0.6 is 0 Å². The molecule has 2 N–H and O–H groups in total. The van der Waals surface area contributed by atoms with Crippen molar-refractivity contribution >= 4 is 16.7 Å². The maximum Gasteiger partial charge on any atom is 0.157 e. The van der Waals surface area contributed by atoms with Gasteiger partial charge in [-0.3, -0.25) is 9.55 Å². The molecule has 0 spiro atoms. The molecule has 0 saturated heterocycles. The van der Waals surface area contributed by atoms with E-state index in [9.17, 15) is 0 Å². The molecule has 0 saturated carbocycles. The number of rotatable bonds is 3. The lowest BCUT2D eigenvalue weighted by atomic mass is 10.1. The Morgan fingerprint density at radius 3 is 2.90 bits per heavy atom. The molecule has 0 amide bonds. The lowest BCUT2D eigenvalue weighted by Gasteiger charge is -2.07. The molecule has 0 fully saturated rings. The zero-order chi connectivity index (χ0) is 14.1. The van der Waals surface area contributed by atoms with E-state index in [1.807, 2.05) is 29.0 Å². The molecule has 0 aliphatic carbocycles. The van der Waals surface area contributed by atoms with Crippen LogP contribution < -0.4 is 5.73 Å². The number of hydrogen-bond acceptors (Lipinski definition) is 4. The number of nitrogen functional groups attached to an aromatic ring is 1. The van der Waals surface area contributed by atoms with Crippen LogP contribution in [0, 0.1) is 5.92 Å². The Morgan fingerprint density at radius 2 is 2.10 bits per heavy atom. The van der Waals surface area contributed by atoms with E-state index in [4.69, 9.17) is 5.73 Å². The average Bonchev–Trinajstić information content (AvgIpc) is 2.81. The van der Waals surface area contributed by atoms with Crippen LogP contribution in [0.1, 0.15) is 19.5 Å². The van der Waals surface area contributed by atoms with Gasteiger partial charge in [0, 0.05) is 11.9 Å². The van der Waals surface area contributed by atoms with Crippen molar-refractivity contribution in [1.29, 1.82) is 0 Å². The first-order chi connectivity index (χ1) is 9.63. The Bertz CT molecular complexity index is 745. The highest BCUT2D eigenvalue weighted by Gasteiger charge is 2.08. The Balaban J connectivity index is 2.08. The summed E-state index contributed by atoms with van der Waals surface area (Å²) >= 11 is 0. The van der Waals surface area contributed by atoms with Crippen LogP contribution in [0.5, 0.6) is 0 Å². The van der Waals surface area contributed by atoms with Crippen molar-refractivity contribution in [3.05, 3.63) is 42.6 Å². The molecule has 0 atom stereocenters. The molecule has 20 heavy (non-hydrogen) atoms. The van der Waals surface area contributed by atoms with Crippen molar-refractivity contribution in [3.8, 4) is 5.82 Å². The third kappa shape index (κ3) is 2.34. The van der Waals surface area contributed by atoms with Gasteiger partial charge >= 0.3 is 0 Å². The SMILES string of the molecule is CC(C)Cc1cncc(-n2cnc3ccc(N)cc32)n1. The Labute approximate surface area is 117 Å². The molecule has 5 nitrogen and oxygen atoms in total. The first kappa shape index (κ1) is 12.6. The van der Waals surface area contributed by atoms with Gasteiger partial charge in [-0.25, -0.2) is 9.97 Å². The third-order valence-corrected chi connectivity index (χ3v) is 3.11. The zero-order valence-electron chi connectivity index (χ0n) is 11.6. The molecule has 102 valence electrons. The maximum atomic E-state index is 5.85. The van der Waals surface area contributed by atoms with Crippen LogP contribution in [0.25, 0.3) is 16.9 Å². The van der Waals surface area contributed by atoms with E-state index >= 15 is 0 Å². The van der Waals surface area contributed by atoms with Gasteiger partial charge in [-0.1, -0.05) is 13.8 Å². The second kappa shape index (κ2) is 4.92. The second-order valence-electron chi connectivity index (χ2n) is 5.33. The Morgan fingerprint density at radius 1 is 1.25 bits per heavy atom. The summed E-state index contributed by atoms with van der Waals surface area (Å²) in [6.45, 7) is 4.34. The monoisotopic (exact) mass is 267 g/mol. The van der Waals surface area contributed by atoms with Crippen molar-refractivity contribution in [2.24, 2.45) is 5.92 Å². The molecular formula is C15H17N5. The standard InChI is InChI=1S/C15H17N5/c1-10(2)5-12-7-17-8-15(19-12)20-9-18-13-4-3-11(16)6-14(13)20/h3-4,6-10H,5,16H2,1-2H3. The smallest absolute Gasteiger partial charge is 0.157 e. The number of anilines is 1. The highest BCUT2D eigenvalue weighted by molar-refractivity contribution is 5.80. The molecule has 5 heteroatoms. The summed E-state index contributed by atoms with van der Waals surface area (Å²) in [5.41, 5.74) is 9.40. The lowest BCUT2D eigenvalue weighted by molar-refractivity contribution is 0.631. The number of nitrogens with two attached hydrogens (primary N) is 1. The van der Waals surface area contributed by atoms with Crippen LogP contribution in [0.4, 0.5) is 5.69 Å². The molecule has 2 heterocycles. The number of aromatic nitrogens is 4. The topological polar surface area (TPSA) is 69.6 Å². The predicted molar refractivity (Wildman–Crippen MR) is 79.6 cm³/mol. The van der Waals surface area contributed by atoms with E-state index in [0.717, 1.165) is 29.0 Å². The van der Waals surface area contributed by atoms with Crippen LogP contribution in [0.15, 0.2) is 36.9 Å². The molecule has 3 aromatic rings. The first-order valence-electron chi connectivity index (χ1n) is 6.67. The lowest BCUT2D eigenvalue weighted by Crippen LogP contribution is -2.03. The molecular weight excluding hydrogens is 250 g/mol. The molecule has 2 aromatic heterocycles. The van der Waals surface area contributed by atoms with Crippen LogP contribution in [0.3, 0.4) is 0 Å². The second-order valence-corrected chi connectivity index (χ2v) is 5.33. The molecule has 0 unspecified atom stereocenters. The van der Waals surface area contributed by atoms with E-state index in [-0.39, 0.29) is 0 Å². The normalized spacial score (nSPS) is 11.3. The van der Waals surface area contributed by atoms with Gasteiger partial charge < -0.3 is 5.73 Å². The van der Waals surface area contributed by atoms with Gasteiger partial charge in [-0.05, 0) is 30.5 Å². The summed E-state index contributed by atoms with van der Waals surface area (Å²) in [4.78, 5) is 13.3. The van der Waals surface area contributed by atoms with E-state index in [1.165, 1.54) is 0 Å². The van der Waals surface area contributed by atoms with Gasteiger partial charge in [0.1, 0.15) is 6.33 Å². The van der Waals surface area contributed by atoms with Gasteiger partial charge in [-0.2, -0.15) is 0 Å². The van der Waals surface area contributed by atoms with Crippen molar-refractivity contribution in [2.45, 2.75) is 20.3 Å². The van der Waals surface area contributed by atoms with E-state index in [0.29, 0.717) is 11.6 Å². The minimum Gasteiger partial charge on any atom is -0.399 e. The fraction of sp³-hybridized carbons (Fsp3) is 0.267. The number of imidazole rings is 1. The van der Waals surface area contributed by atoms with Gasteiger partial charge in [0.2, 0.25) is 0 Å². The van der Waals surface area contributed by atoms with E-state index in [2.05, 4.69) is 28.8 Å². The van der Waals surface area contributed by atoms with Crippen LogP contribution in [-0.2, 0) is 6.42 Å². The maximum absolute atomic E-state index is 5.85. The molecule has 1 aromatic carbocycles. The van der Waals surface area contributed by atoms with Crippen molar-refractivity contribution in [2.75, 3.05) is 5.73 Å². The third-order valence-electron chi connectivity index (χ3n) is 3.11. The molecule has 0 bridgehead atoms. The van der Waals surface area contributed by atoms with Crippen LogP contribution in [-0.4, -0.2) is 19.5 Å². The number of fused-ring (bicyclic) bond motifs is 1. The van der Waals surface area contributed by atoms with Gasteiger partial charge in [0.25, 0.3) is 0 Å². The summed E-state index contributed by atoms with van der Waals surface area (Å²) in [7, 11) is 0. The Kier molecular flexibility index (Phi) is 3.10. The minimum atomic E-state index is 0.551. The summed E-state index contributed by atoms with van der Waals surface area (Å²) in [6.07, 6.45) is 6.23. The molecule has 0 aliphatic rings. The first-order valence-corrected chi connectivity index (χ1v) is 6.67. The fourth-order valence-corrected chi connectivity index (χ4v) is 2.23. The van der Waals surface area contributed by atoms with Gasteiger partial charge in [-0.15, -0.1) is 0 Å². The summed E-state index contributed by atoms with van der Waals surface area (Å²) < 4.78 is 1.92. The van der Waals surface area contributed by atoms with Crippen molar-refractivity contribution in [1.82, 2.24) is 19.5 Å². The molecule has 0 radical (unpaired) electrons. The van der Waals surface area contributed by atoms with Gasteiger partial charge in [0.15, 0.2) is 5.82 Å². The zero-order valence-corrected chi connectivity index (χ0v) is 11.6. The minimum absolute atomic E-state index is 0.551. The van der Waals surface area contributed by atoms with E-state index in [1.54, 1.807) is 12.5 Å². The fourth-order valence-electron chi connectivity index (χ4n) is 2.23.